The van der Waals surface area contributed by atoms with Crippen LogP contribution in [-0.2, 0) is 5.88 Å². The van der Waals surface area contributed by atoms with Gasteiger partial charge >= 0.3 is 0 Å². The lowest BCUT2D eigenvalue weighted by Crippen LogP contribution is -2.15. The molecule has 0 aromatic carbocycles. The average molecular weight is 215 g/mol. The van der Waals surface area contributed by atoms with Gasteiger partial charge in [0.25, 0.3) is 0 Å². The summed E-state index contributed by atoms with van der Waals surface area (Å²) in [5, 5.41) is 3.83. The van der Waals surface area contributed by atoms with E-state index in [1.807, 2.05) is 0 Å². The molecule has 14 heavy (non-hydrogen) atoms. The van der Waals surface area contributed by atoms with Crippen LogP contribution in [0, 0.1) is 5.41 Å². The predicted molar refractivity (Wildman–Crippen MR) is 54.2 cm³/mol. The van der Waals surface area contributed by atoms with Crippen molar-refractivity contribution in [1.82, 2.24) is 10.1 Å². The highest BCUT2D eigenvalue weighted by Crippen LogP contribution is 2.48. The summed E-state index contributed by atoms with van der Waals surface area (Å²) in [5.41, 5.74) is 0.288. The number of aromatic nitrogens is 2. The molecule has 1 atom stereocenters. The first-order valence-electron chi connectivity index (χ1n) is 5.02. The highest BCUT2D eigenvalue weighted by atomic mass is 35.5. The van der Waals surface area contributed by atoms with E-state index in [9.17, 15) is 0 Å². The Morgan fingerprint density at radius 3 is 2.86 bits per heavy atom. The lowest BCUT2D eigenvalue weighted by atomic mass is 9.82. The summed E-state index contributed by atoms with van der Waals surface area (Å²) < 4.78 is 5.23. The van der Waals surface area contributed by atoms with Crippen LogP contribution >= 0.6 is 11.6 Å². The molecular formula is C10H15ClN2O. The van der Waals surface area contributed by atoms with Crippen molar-refractivity contribution in [3.05, 3.63) is 11.7 Å². The van der Waals surface area contributed by atoms with E-state index in [2.05, 4.69) is 24.0 Å². The summed E-state index contributed by atoms with van der Waals surface area (Å²) in [7, 11) is 0. The van der Waals surface area contributed by atoms with Gasteiger partial charge in [0.05, 0.1) is 5.88 Å². The molecule has 0 saturated heterocycles. The van der Waals surface area contributed by atoms with Gasteiger partial charge < -0.3 is 4.52 Å². The van der Waals surface area contributed by atoms with Crippen molar-refractivity contribution >= 4 is 11.6 Å². The Bertz CT molecular complexity index is 322. The van der Waals surface area contributed by atoms with Crippen molar-refractivity contribution in [3.8, 4) is 0 Å². The zero-order valence-corrected chi connectivity index (χ0v) is 9.34. The third-order valence-corrected chi connectivity index (χ3v) is 3.40. The van der Waals surface area contributed by atoms with Crippen LogP contribution in [0.5, 0.6) is 0 Å². The Balaban J connectivity index is 2.22. The molecule has 0 radical (unpaired) electrons. The molecule has 1 unspecified atom stereocenters. The van der Waals surface area contributed by atoms with Gasteiger partial charge in [-0.25, -0.2) is 0 Å². The molecule has 2 rings (SSSR count). The zero-order chi connectivity index (χ0) is 10.2. The molecule has 0 amide bonds. The van der Waals surface area contributed by atoms with Crippen LogP contribution in [0.3, 0.4) is 0 Å². The van der Waals surface area contributed by atoms with Crippen LogP contribution in [0.25, 0.3) is 0 Å². The Morgan fingerprint density at radius 1 is 1.57 bits per heavy atom. The SMILES string of the molecule is CC1(C)CCCC1c1nc(CCl)no1. The average Bonchev–Trinajstić information content (AvgIpc) is 2.70. The summed E-state index contributed by atoms with van der Waals surface area (Å²) in [6, 6.07) is 0. The normalized spacial score (nSPS) is 25.5. The first kappa shape index (κ1) is 9.97. The third kappa shape index (κ3) is 1.65. The fourth-order valence-electron chi connectivity index (χ4n) is 2.25. The largest absolute Gasteiger partial charge is 0.339 e. The second-order valence-corrected chi connectivity index (χ2v) is 4.88. The molecule has 4 heteroatoms. The third-order valence-electron chi connectivity index (χ3n) is 3.16. The van der Waals surface area contributed by atoms with Gasteiger partial charge in [-0.3, -0.25) is 0 Å². The van der Waals surface area contributed by atoms with Crippen molar-refractivity contribution in [1.29, 1.82) is 0 Å². The first-order chi connectivity index (χ1) is 6.63. The predicted octanol–water partition coefficient (Wildman–Crippen LogP) is 3.10. The van der Waals surface area contributed by atoms with Crippen molar-refractivity contribution in [2.45, 2.75) is 44.9 Å². The second kappa shape index (κ2) is 3.54. The summed E-state index contributed by atoms with van der Waals surface area (Å²) in [6.45, 7) is 4.52. The molecule has 1 saturated carbocycles. The van der Waals surface area contributed by atoms with Crippen molar-refractivity contribution < 1.29 is 4.52 Å². The molecule has 1 aliphatic rings. The Kier molecular flexibility index (Phi) is 2.52. The Hall–Kier alpha value is -0.570. The van der Waals surface area contributed by atoms with Crippen molar-refractivity contribution in [2.75, 3.05) is 0 Å². The molecule has 0 bridgehead atoms. The van der Waals surface area contributed by atoms with Crippen LogP contribution < -0.4 is 0 Å². The maximum absolute atomic E-state index is 5.63. The van der Waals surface area contributed by atoms with Gasteiger partial charge in [-0.15, -0.1) is 11.6 Å². The van der Waals surface area contributed by atoms with E-state index in [1.165, 1.54) is 12.8 Å². The minimum Gasteiger partial charge on any atom is -0.339 e. The standard InChI is InChI=1S/C10H15ClN2O/c1-10(2)5-3-4-7(10)9-12-8(6-11)13-14-9/h7H,3-6H2,1-2H3. The smallest absolute Gasteiger partial charge is 0.230 e. The maximum atomic E-state index is 5.63. The van der Waals surface area contributed by atoms with Gasteiger partial charge in [0, 0.05) is 5.92 Å². The number of hydrogen-bond acceptors (Lipinski definition) is 3. The molecule has 3 nitrogen and oxygen atoms in total. The van der Waals surface area contributed by atoms with E-state index in [0.29, 0.717) is 17.6 Å². The molecule has 1 aromatic rings. The maximum Gasteiger partial charge on any atom is 0.230 e. The van der Waals surface area contributed by atoms with Gasteiger partial charge in [0.2, 0.25) is 5.89 Å². The fraction of sp³-hybridized carbons (Fsp3) is 0.800. The van der Waals surface area contributed by atoms with Gasteiger partial charge in [0.1, 0.15) is 0 Å². The molecular weight excluding hydrogens is 200 g/mol. The summed E-state index contributed by atoms with van der Waals surface area (Å²) in [4.78, 5) is 4.30. The Morgan fingerprint density at radius 2 is 2.36 bits per heavy atom. The summed E-state index contributed by atoms with van der Waals surface area (Å²) in [6.07, 6.45) is 3.63. The molecule has 1 heterocycles. The minimum absolute atomic E-state index is 0.288. The number of nitrogens with zero attached hydrogens (tertiary/aromatic N) is 2. The number of alkyl halides is 1. The van der Waals surface area contributed by atoms with Crippen LogP contribution in [-0.4, -0.2) is 10.1 Å². The second-order valence-electron chi connectivity index (χ2n) is 4.62. The van der Waals surface area contributed by atoms with Gasteiger partial charge in [-0.1, -0.05) is 25.4 Å². The molecule has 1 aromatic heterocycles. The van der Waals surface area contributed by atoms with E-state index < -0.39 is 0 Å². The quantitative estimate of drug-likeness (QED) is 0.711. The monoisotopic (exact) mass is 214 g/mol. The molecule has 0 spiro atoms. The first-order valence-corrected chi connectivity index (χ1v) is 5.55. The molecule has 0 N–H and O–H groups in total. The highest BCUT2D eigenvalue weighted by Gasteiger charge is 2.38. The van der Waals surface area contributed by atoms with E-state index in [0.717, 1.165) is 12.3 Å². The lowest BCUT2D eigenvalue weighted by Gasteiger charge is -2.23. The van der Waals surface area contributed by atoms with Crippen LogP contribution in [0.2, 0.25) is 0 Å². The number of halogens is 1. The summed E-state index contributed by atoms with van der Waals surface area (Å²) >= 11 is 5.63. The molecule has 1 aliphatic carbocycles. The zero-order valence-electron chi connectivity index (χ0n) is 8.59. The highest BCUT2D eigenvalue weighted by molar-refractivity contribution is 6.16. The molecule has 78 valence electrons. The molecule has 0 aliphatic heterocycles. The van der Waals surface area contributed by atoms with Gasteiger partial charge in [-0.05, 0) is 18.3 Å². The Labute approximate surface area is 88.8 Å². The lowest BCUT2D eigenvalue weighted by molar-refractivity contribution is 0.260. The van der Waals surface area contributed by atoms with E-state index in [-0.39, 0.29) is 5.41 Å². The summed E-state index contributed by atoms with van der Waals surface area (Å²) in [5.74, 6) is 2.11. The van der Waals surface area contributed by atoms with Crippen LogP contribution in [0.1, 0.15) is 50.7 Å². The minimum atomic E-state index is 0.288. The van der Waals surface area contributed by atoms with Crippen molar-refractivity contribution in [2.24, 2.45) is 5.41 Å². The van der Waals surface area contributed by atoms with E-state index in [1.54, 1.807) is 0 Å². The molecule has 1 fully saturated rings. The van der Waals surface area contributed by atoms with E-state index >= 15 is 0 Å². The van der Waals surface area contributed by atoms with Crippen molar-refractivity contribution in [3.63, 3.8) is 0 Å². The van der Waals surface area contributed by atoms with Crippen LogP contribution in [0.15, 0.2) is 4.52 Å². The number of rotatable bonds is 2. The van der Waals surface area contributed by atoms with Gasteiger partial charge in [-0.2, -0.15) is 4.98 Å². The van der Waals surface area contributed by atoms with Crippen LogP contribution in [0.4, 0.5) is 0 Å². The number of hydrogen-bond donors (Lipinski definition) is 0. The topological polar surface area (TPSA) is 38.9 Å². The van der Waals surface area contributed by atoms with Gasteiger partial charge in [0.15, 0.2) is 5.82 Å². The van der Waals surface area contributed by atoms with E-state index in [4.69, 9.17) is 16.1 Å². The fourth-order valence-corrected chi connectivity index (χ4v) is 2.36.